The molecule has 0 aliphatic carbocycles. The van der Waals surface area contributed by atoms with Crippen molar-refractivity contribution in [2.45, 2.75) is 79.1 Å². The van der Waals surface area contributed by atoms with Crippen molar-refractivity contribution in [1.82, 2.24) is 0 Å². The molecule has 0 spiro atoms. The molecule has 1 fully saturated rings. The van der Waals surface area contributed by atoms with Crippen molar-refractivity contribution in [1.29, 1.82) is 0 Å². The maximum absolute atomic E-state index is 3.23. The molecule has 30 heavy (non-hydrogen) atoms. The van der Waals surface area contributed by atoms with Gasteiger partial charge < -0.3 is 9.34 Å². The van der Waals surface area contributed by atoms with E-state index in [4.69, 9.17) is 0 Å². The molecule has 1 unspecified atom stereocenters. The van der Waals surface area contributed by atoms with Crippen LogP contribution in [-0.4, -0.2) is 13.1 Å². The summed E-state index contributed by atoms with van der Waals surface area (Å²) in [6, 6.07) is 13.8. The summed E-state index contributed by atoms with van der Waals surface area (Å²) >= 11 is 0. The van der Waals surface area contributed by atoms with E-state index in [1.807, 2.05) is 0 Å². The summed E-state index contributed by atoms with van der Waals surface area (Å²) in [7, 11) is 2.71. The van der Waals surface area contributed by atoms with Crippen LogP contribution >= 0.6 is 16.8 Å². The second kappa shape index (κ2) is 9.58. The molecule has 2 aromatic carbocycles. The summed E-state index contributed by atoms with van der Waals surface area (Å²) in [5.41, 5.74) is 8.91. The molecular formula is C26H40N2P2. The summed E-state index contributed by atoms with van der Waals surface area (Å²) in [5.74, 6) is 2.09. The summed E-state index contributed by atoms with van der Waals surface area (Å²) < 4.78 is 5.40. The minimum atomic E-state index is -0.525. The van der Waals surface area contributed by atoms with E-state index >= 15 is 0 Å². The number of anilines is 2. The zero-order chi connectivity index (χ0) is 22.2. The van der Waals surface area contributed by atoms with Gasteiger partial charge in [-0.25, -0.2) is 0 Å². The lowest BCUT2D eigenvalue weighted by Gasteiger charge is -2.35. The Bertz CT molecular complexity index is 749. The third-order valence-electron chi connectivity index (χ3n) is 6.22. The van der Waals surface area contributed by atoms with Crippen LogP contribution in [0.15, 0.2) is 36.4 Å². The zero-order valence-electron chi connectivity index (χ0n) is 20.1. The first-order valence-corrected chi connectivity index (χ1v) is 14.4. The van der Waals surface area contributed by atoms with Gasteiger partial charge in [0, 0.05) is 24.5 Å². The second-order valence-corrected chi connectivity index (χ2v) is 12.7. The molecule has 0 radical (unpaired) electrons. The van der Waals surface area contributed by atoms with Gasteiger partial charge in [-0.15, -0.1) is 0 Å². The van der Waals surface area contributed by atoms with Crippen LogP contribution in [0.25, 0.3) is 0 Å². The normalized spacial score (nSPS) is 15.5. The molecule has 0 aromatic heterocycles. The predicted octanol–water partition coefficient (Wildman–Crippen LogP) is 8.61. The number of benzene rings is 2. The first kappa shape index (κ1) is 23.6. The summed E-state index contributed by atoms with van der Waals surface area (Å²) in [5, 5.41) is 0. The molecule has 0 saturated carbocycles. The van der Waals surface area contributed by atoms with E-state index in [0.717, 1.165) is 13.1 Å². The molecule has 1 heterocycles. The molecule has 1 atom stereocenters. The average Bonchev–Trinajstić information content (AvgIpc) is 3.07. The van der Waals surface area contributed by atoms with E-state index in [1.165, 1.54) is 33.6 Å². The molecule has 0 N–H and O–H groups in total. The second-order valence-electron chi connectivity index (χ2n) is 9.76. The Morgan fingerprint density at radius 2 is 0.867 bits per heavy atom. The van der Waals surface area contributed by atoms with Gasteiger partial charge in [-0.3, -0.25) is 0 Å². The molecule has 0 amide bonds. The molecule has 3 rings (SSSR count). The van der Waals surface area contributed by atoms with Crippen LogP contribution in [0.1, 0.15) is 101 Å². The summed E-state index contributed by atoms with van der Waals surface area (Å²) in [6.07, 6.45) is 0. The summed E-state index contributed by atoms with van der Waals surface area (Å²) in [6.45, 7) is 20.8. The van der Waals surface area contributed by atoms with E-state index in [0.29, 0.717) is 23.7 Å². The fraction of sp³-hybridized carbons (Fsp3) is 0.538. The molecule has 1 aliphatic rings. The monoisotopic (exact) mass is 442 g/mol. The highest BCUT2D eigenvalue weighted by Crippen LogP contribution is 2.62. The number of hydrogen-bond donors (Lipinski definition) is 0. The third-order valence-corrected chi connectivity index (χ3v) is 9.68. The van der Waals surface area contributed by atoms with Gasteiger partial charge >= 0.3 is 0 Å². The Labute approximate surface area is 188 Å². The van der Waals surface area contributed by atoms with Gasteiger partial charge in [-0.05, 0) is 45.9 Å². The topological polar surface area (TPSA) is 6.48 Å². The Balaban J connectivity index is 2.11. The number of nitrogens with zero attached hydrogens (tertiary/aromatic N) is 2. The van der Waals surface area contributed by atoms with E-state index in [1.54, 1.807) is 0 Å². The third kappa shape index (κ3) is 4.42. The van der Waals surface area contributed by atoms with Crippen LogP contribution in [0.4, 0.5) is 11.4 Å². The van der Waals surface area contributed by atoms with Crippen molar-refractivity contribution in [2.24, 2.45) is 0 Å². The van der Waals surface area contributed by atoms with Crippen molar-refractivity contribution < 1.29 is 0 Å². The van der Waals surface area contributed by atoms with Gasteiger partial charge in [0.15, 0.2) is 0 Å². The zero-order valence-corrected chi connectivity index (χ0v) is 22.2. The Kier molecular flexibility index (Phi) is 7.53. The number of para-hydroxylation sites is 2. The van der Waals surface area contributed by atoms with Gasteiger partial charge in [0.05, 0.1) is 0 Å². The van der Waals surface area contributed by atoms with Gasteiger partial charge in [0.1, 0.15) is 7.91 Å². The van der Waals surface area contributed by atoms with Crippen LogP contribution < -0.4 is 9.34 Å². The Morgan fingerprint density at radius 1 is 0.600 bits per heavy atom. The van der Waals surface area contributed by atoms with Gasteiger partial charge in [-0.2, -0.15) is 0 Å². The molecular weight excluding hydrogens is 402 g/mol. The quantitative estimate of drug-likeness (QED) is 0.413. The van der Waals surface area contributed by atoms with Crippen molar-refractivity contribution >= 4 is 28.2 Å². The van der Waals surface area contributed by atoms with Crippen LogP contribution in [0.3, 0.4) is 0 Å². The van der Waals surface area contributed by atoms with Crippen molar-refractivity contribution in [2.75, 3.05) is 22.4 Å². The SMILES string of the molecule is CC(C)c1cccc(C(C)C)c1N1CCN(c2c(C(C)C)cccc2C(C)C)P1P. The molecule has 164 valence electrons. The van der Waals surface area contributed by atoms with Gasteiger partial charge in [0.25, 0.3) is 0 Å². The minimum absolute atomic E-state index is 0.523. The standard InChI is InChI=1S/C26H40N2P2/c1-17(2)21-11-9-12-22(18(3)4)25(21)27-15-16-28(30(27)29)26-23(19(5)6)13-10-14-24(26)20(7)8/h9-14,17-20H,15-16,29H2,1-8H3. The van der Waals surface area contributed by atoms with Crippen LogP contribution in [0.2, 0.25) is 0 Å². The van der Waals surface area contributed by atoms with Crippen LogP contribution in [0.5, 0.6) is 0 Å². The molecule has 2 nitrogen and oxygen atoms in total. The summed E-state index contributed by atoms with van der Waals surface area (Å²) in [4.78, 5) is 0. The highest BCUT2D eigenvalue weighted by Gasteiger charge is 2.35. The van der Waals surface area contributed by atoms with Crippen molar-refractivity contribution in [3.63, 3.8) is 0 Å². The minimum Gasteiger partial charge on any atom is -0.328 e. The largest absolute Gasteiger partial charge is 0.328 e. The van der Waals surface area contributed by atoms with E-state index in [2.05, 4.69) is 110 Å². The lowest BCUT2D eigenvalue weighted by Crippen LogP contribution is -2.17. The van der Waals surface area contributed by atoms with Crippen LogP contribution in [0, 0.1) is 0 Å². The molecule has 1 aliphatic heterocycles. The highest BCUT2D eigenvalue weighted by atomic mass is 32.0. The number of hydrogen-bond acceptors (Lipinski definition) is 2. The smallest absolute Gasteiger partial charge is 0.114 e. The lowest BCUT2D eigenvalue weighted by molar-refractivity contribution is 0.821. The fourth-order valence-corrected chi connectivity index (χ4v) is 7.68. The maximum atomic E-state index is 3.23. The maximum Gasteiger partial charge on any atom is 0.114 e. The van der Waals surface area contributed by atoms with E-state index in [9.17, 15) is 0 Å². The molecule has 0 bridgehead atoms. The first-order valence-electron chi connectivity index (χ1n) is 11.5. The molecule has 4 heteroatoms. The predicted molar refractivity (Wildman–Crippen MR) is 141 cm³/mol. The Hall–Kier alpha value is -1.10. The molecule has 2 aromatic rings. The van der Waals surface area contributed by atoms with Gasteiger partial charge in [0.2, 0.25) is 0 Å². The van der Waals surface area contributed by atoms with E-state index in [-0.39, 0.29) is 0 Å². The van der Waals surface area contributed by atoms with Gasteiger partial charge in [-0.1, -0.05) is 101 Å². The highest BCUT2D eigenvalue weighted by molar-refractivity contribution is 8.15. The number of rotatable bonds is 6. The van der Waals surface area contributed by atoms with Crippen LogP contribution in [-0.2, 0) is 0 Å². The lowest BCUT2D eigenvalue weighted by atomic mass is 9.92. The van der Waals surface area contributed by atoms with E-state index < -0.39 is 7.91 Å². The van der Waals surface area contributed by atoms with Crippen molar-refractivity contribution in [3.05, 3.63) is 58.7 Å². The Morgan fingerprint density at radius 3 is 1.10 bits per heavy atom. The average molecular weight is 443 g/mol. The fourth-order valence-electron chi connectivity index (χ4n) is 4.57. The molecule has 1 saturated heterocycles. The first-order chi connectivity index (χ1) is 14.1. The van der Waals surface area contributed by atoms with Crippen molar-refractivity contribution in [3.8, 4) is 0 Å².